The molecular formula is C22H17ClFN3O. The molecule has 1 N–H and O–H groups in total. The summed E-state index contributed by atoms with van der Waals surface area (Å²) in [5.74, 6) is -0.688. The Hall–Kier alpha value is -3.31. The molecule has 0 aliphatic heterocycles. The summed E-state index contributed by atoms with van der Waals surface area (Å²) in [6, 6.07) is 17.9. The van der Waals surface area contributed by atoms with Crippen molar-refractivity contribution < 1.29 is 9.18 Å². The minimum atomic E-state index is -0.383. The fraction of sp³-hybridized carbons (Fsp3) is 0.0455. The maximum Gasteiger partial charge on any atom is 0.255 e. The van der Waals surface area contributed by atoms with E-state index in [1.807, 2.05) is 19.1 Å². The van der Waals surface area contributed by atoms with Gasteiger partial charge in [-0.25, -0.2) is 4.39 Å². The van der Waals surface area contributed by atoms with Gasteiger partial charge in [-0.3, -0.25) is 14.8 Å². The van der Waals surface area contributed by atoms with Crippen LogP contribution in [0.5, 0.6) is 0 Å². The zero-order chi connectivity index (χ0) is 20.1. The molecule has 140 valence electrons. The average molecular weight is 394 g/mol. The van der Waals surface area contributed by atoms with E-state index in [0.29, 0.717) is 27.6 Å². The van der Waals surface area contributed by atoms with Gasteiger partial charge in [0.05, 0.1) is 11.4 Å². The number of anilines is 1. The van der Waals surface area contributed by atoms with Crippen LogP contribution in [0.4, 0.5) is 21.5 Å². The van der Waals surface area contributed by atoms with Gasteiger partial charge in [0.1, 0.15) is 5.82 Å². The molecule has 6 heteroatoms. The highest BCUT2D eigenvalue weighted by Gasteiger charge is 2.07. The third kappa shape index (κ3) is 4.69. The van der Waals surface area contributed by atoms with Gasteiger partial charge in [-0.2, -0.15) is 0 Å². The molecule has 0 radical (unpaired) electrons. The lowest BCUT2D eigenvalue weighted by Gasteiger charge is -2.08. The lowest BCUT2D eigenvalue weighted by molar-refractivity contribution is 0.102. The summed E-state index contributed by atoms with van der Waals surface area (Å²) >= 11 is 5.97. The summed E-state index contributed by atoms with van der Waals surface area (Å²) in [6.45, 7) is 5.43. The van der Waals surface area contributed by atoms with Gasteiger partial charge in [-0.05, 0) is 73.8 Å². The van der Waals surface area contributed by atoms with E-state index >= 15 is 0 Å². The van der Waals surface area contributed by atoms with Gasteiger partial charge in [0.2, 0.25) is 0 Å². The van der Waals surface area contributed by atoms with Crippen molar-refractivity contribution >= 4 is 47.0 Å². The van der Waals surface area contributed by atoms with Crippen LogP contribution >= 0.6 is 11.6 Å². The number of nitrogens with zero attached hydrogens (tertiary/aromatic N) is 2. The molecule has 1 amide bonds. The van der Waals surface area contributed by atoms with Gasteiger partial charge in [0, 0.05) is 22.0 Å². The number of halogens is 2. The van der Waals surface area contributed by atoms with E-state index < -0.39 is 0 Å². The van der Waals surface area contributed by atoms with E-state index in [2.05, 4.69) is 22.0 Å². The van der Waals surface area contributed by atoms with Crippen LogP contribution in [-0.4, -0.2) is 18.3 Å². The van der Waals surface area contributed by atoms with E-state index in [9.17, 15) is 9.18 Å². The topological polar surface area (TPSA) is 53.8 Å². The third-order valence-corrected chi connectivity index (χ3v) is 4.30. The van der Waals surface area contributed by atoms with Crippen LogP contribution in [0.2, 0.25) is 5.02 Å². The Bertz CT molecular complexity index is 1040. The van der Waals surface area contributed by atoms with Crippen LogP contribution in [0.3, 0.4) is 0 Å². The van der Waals surface area contributed by atoms with Crippen molar-refractivity contribution in [3.63, 3.8) is 0 Å². The van der Waals surface area contributed by atoms with Gasteiger partial charge >= 0.3 is 0 Å². The number of hydrogen-bond donors (Lipinski definition) is 1. The molecule has 4 nitrogen and oxygen atoms in total. The first-order valence-electron chi connectivity index (χ1n) is 8.45. The van der Waals surface area contributed by atoms with Gasteiger partial charge < -0.3 is 5.32 Å². The van der Waals surface area contributed by atoms with Crippen LogP contribution in [-0.2, 0) is 0 Å². The molecule has 0 unspecified atom stereocenters. The van der Waals surface area contributed by atoms with Crippen LogP contribution in [0.1, 0.15) is 22.8 Å². The molecule has 3 aromatic rings. The summed E-state index contributed by atoms with van der Waals surface area (Å²) in [7, 11) is 0. The monoisotopic (exact) mass is 393 g/mol. The molecule has 3 aromatic carbocycles. The van der Waals surface area contributed by atoms with Crippen LogP contribution in [0.25, 0.3) is 0 Å². The van der Waals surface area contributed by atoms with Gasteiger partial charge in [-0.1, -0.05) is 23.7 Å². The lowest BCUT2D eigenvalue weighted by Crippen LogP contribution is -2.11. The number of benzene rings is 3. The highest BCUT2D eigenvalue weighted by molar-refractivity contribution is 6.31. The molecule has 0 aromatic heterocycles. The zero-order valence-electron chi connectivity index (χ0n) is 15.1. The first kappa shape index (κ1) is 19.5. The third-order valence-electron chi connectivity index (χ3n) is 4.06. The number of amides is 1. The highest BCUT2D eigenvalue weighted by Crippen LogP contribution is 2.31. The van der Waals surface area contributed by atoms with Crippen molar-refractivity contribution in [2.24, 2.45) is 9.98 Å². The smallest absolute Gasteiger partial charge is 0.255 e. The summed E-state index contributed by atoms with van der Waals surface area (Å²) in [6.07, 6.45) is 0. The number of carbonyl (C=O) groups excluding carboxylic acids is 1. The summed E-state index contributed by atoms with van der Waals surface area (Å²) in [5.41, 5.74) is 3.97. The van der Waals surface area contributed by atoms with E-state index in [1.54, 1.807) is 30.3 Å². The molecule has 3 rings (SSSR count). The molecule has 0 heterocycles. The first-order chi connectivity index (χ1) is 13.5. The van der Waals surface area contributed by atoms with E-state index in [0.717, 1.165) is 11.3 Å². The predicted octanol–water partition coefficient (Wildman–Crippen LogP) is 6.20. The van der Waals surface area contributed by atoms with Crippen molar-refractivity contribution in [1.29, 1.82) is 0 Å². The Kier molecular flexibility index (Phi) is 5.96. The molecule has 0 atom stereocenters. The van der Waals surface area contributed by atoms with Gasteiger partial charge in [-0.15, -0.1) is 0 Å². The Balaban J connectivity index is 1.75. The first-order valence-corrected chi connectivity index (χ1v) is 8.83. The second-order valence-corrected chi connectivity index (χ2v) is 6.46. The standard InChI is InChI=1S/C22H17ClFN3O/c1-14(26-20-12-7-17(23)13-21(20)25-2)15-5-10-19(11-6-15)27-22(28)16-3-8-18(24)9-4-16/h3-13H,2H2,1H3,(H,27,28)/b26-14+. The number of aliphatic imine (C=N–C) groups is 2. The van der Waals surface area contributed by atoms with E-state index in [4.69, 9.17) is 11.6 Å². The SMILES string of the molecule is C=Nc1cc(Cl)ccc1/N=C(\C)c1ccc(NC(=O)c2ccc(F)cc2)cc1. The number of hydrogen-bond acceptors (Lipinski definition) is 3. The second-order valence-electron chi connectivity index (χ2n) is 6.03. The maximum absolute atomic E-state index is 13.0. The Labute approximate surface area is 167 Å². The van der Waals surface area contributed by atoms with Gasteiger partial charge in [0.15, 0.2) is 0 Å². The largest absolute Gasteiger partial charge is 0.322 e. The van der Waals surface area contributed by atoms with Crippen LogP contribution in [0.15, 0.2) is 76.7 Å². The number of nitrogens with one attached hydrogen (secondary N) is 1. The zero-order valence-corrected chi connectivity index (χ0v) is 15.9. The van der Waals surface area contributed by atoms with Crippen molar-refractivity contribution in [2.75, 3.05) is 5.32 Å². The molecule has 0 saturated heterocycles. The molecule has 0 saturated carbocycles. The molecule has 0 aliphatic carbocycles. The lowest BCUT2D eigenvalue weighted by atomic mass is 10.1. The average Bonchev–Trinajstić information content (AvgIpc) is 2.70. The van der Waals surface area contributed by atoms with Crippen molar-refractivity contribution in [3.8, 4) is 0 Å². The molecular weight excluding hydrogens is 377 g/mol. The number of rotatable bonds is 5. The summed E-state index contributed by atoms with van der Waals surface area (Å²) in [5, 5.41) is 3.35. The Morgan fingerprint density at radius 2 is 1.61 bits per heavy atom. The normalized spacial score (nSPS) is 11.2. The summed E-state index contributed by atoms with van der Waals surface area (Å²) in [4.78, 5) is 20.7. The Morgan fingerprint density at radius 3 is 2.25 bits per heavy atom. The van der Waals surface area contributed by atoms with Gasteiger partial charge in [0.25, 0.3) is 5.91 Å². The fourth-order valence-electron chi connectivity index (χ4n) is 2.56. The van der Waals surface area contributed by atoms with E-state index in [-0.39, 0.29) is 11.7 Å². The summed E-state index contributed by atoms with van der Waals surface area (Å²) < 4.78 is 13.0. The quantitative estimate of drug-likeness (QED) is 0.515. The van der Waals surface area contributed by atoms with Crippen LogP contribution in [0, 0.1) is 5.82 Å². The minimum Gasteiger partial charge on any atom is -0.322 e. The maximum atomic E-state index is 13.0. The predicted molar refractivity (Wildman–Crippen MR) is 113 cm³/mol. The van der Waals surface area contributed by atoms with Crippen molar-refractivity contribution in [3.05, 3.63) is 88.7 Å². The van der Waals surface area contributed by atoms with E-state index in [1.165, 1.54) is 24.3 Å². The second kappa shape index (κ2) is 8.59. The number of carbonyl (C=O) groups is 1. The minimum absolute atomic E-state index is 0.305. The highest BCUT2D eigenvalue weighted by atomic mass is 35.5. The Morgan fingerprint density at radius 1 is 0.964 bits per heavy atom. The van der Waals surface area contributed by atoms with Crippen molar-refractivity contribution in [1.82, 2.24) is 0 Å². The molecule has 28 heavy (non-hydrogen) atoms. The molecule has 0 spiro atoms. The fourth-order valence-corrected chi connectivity index (χ4v) is 2.73. The molecule has 0 aliphatic rings. The molecule has 0 bridgehead atoms. The van der Waals surface area contributed by atoms with Crippen molar-refractivity contribution in [2.45, 2.75) is 6.92 Å². The molecule has 0 fully saturated rings. The van der Waals surface area contributed by atoms with Crippen LogP contribution < -0.4 is 5.32 Å².